The van der Waals surface area contributed by atoms with E-state index in [1.807, 2.05) is 0 Å². The van der Waals surface area contributed by atoms with Crippen LogP contribution in [-0.2, 0) is 6.54 Å². The molecule has 106 valence electrons. The minimum atomic E-state index is -0.307. The topological polar surface area (TPSA) is 81.2 Å². The summed E-state index contributed by atoms with van der Waals surface area (Å²) in [6.07, 6.45) is 1.52. The van der Waals surface area contributed by atoms with Gasteiger partial charge in [0.25, 0.3) is 5.91 Å². The molecule has 0 aliphatic heterocycles. The zero-order valence-electron chi connectivity index (χ0n) is 10.7. The molecule has 2 heterocycles. The lowest BCUT2D eigenvalue weighted by Crippen LogP contribution is -2.23. The average molecular weight is 304 g/mol. The van der Waals surface area contributed by atoms with Crippen molar-refractivity contribution in [3.8, 4) is 11.6 Å². The van der Waals surface area contributed by atoms with E-state index in [-0.39, 0.29) is 18.3 Å². The minimum absolute atomic E-state index is 0.109. The molecule has 0 saturated carbocycles. The summed E-state index contributed by atoms with van der Waals surface area (Å²) < 4.78 is 10.2. The van der Waals surface area contributed by atoms with Crippen molar-refractivity contribution in [2.24, 2.45) is 0 Å². The molecule has 2 aromatic heterocycles. The van der Waals surface area contributed by atoms with Crippen LogP contribution in [0.1, 0.15) is 16.2 Å². The molecule has 1 aromatic carbocycles. The van der Waals surface area contributed by atoms with Gasteiger partial charge in [0.2, 0.25) is 11.7 Å². The van der Waals surface area contributed by atoms with Gasteiger partial charge in [-0.25, -0.2) is 0 Å². The maximum atomic E-state index is 12.0. The summed E-state index contributed by atoms with van der Waals surface area (Å²) in [6, 6.07) is 10.2. The molecule has 0 unspecified atom stereocenters. The van der Waals surface area contributed by atoms with Crippen molar-refractivity contribution in [1.29, 1.82) is 0 Å². The molecule has 1 N–H and O–H groups in total. The number of aromatic nitrogens is 2. The van der Waals surface area contributed by atoms with Gasteiger partial charge < -0.3 is 14.3 Å². The van der Waals surface area contributed by atoms with Gasteiger partial charge in [-0.15, -0.1) is 0 Å². The van der Waals surface area contributed by atoms with Crippen LogP contribution in [0.25, 0.3) is 11.6 Å². The van der Waals surface area contributed by atoms with E-state index >= 15 is 0 Å². The standard InChI is InChI=1S/C14H10ClN3O3/c15-10-5-2-1-4-9(10)14(19)16-8-12-17-13(18-21-12)11-6-3-7-20-11/h1-7H,8H2,(H,16,19). The fourth-order valence-electron chi connectivity index (χ4n) is 1.73. The highest BCUT2D eigenvalue weighted by Crippen LogP contribution is 2.16. The van der Waals surface area contributed by atoms with Crippen LogP contribution in [0.2, 0.25) is 5.02 Å². The van der Waals surface area contributed by atoms with E-state index in [1.165, 1.54) is 6.26 Å². The molecular formula is C14H10ClN3O3. The number of furan rings is 1. The Kier molecular flexibility index (Phi) is 3.70. The first kappa shape index (κ1) is 13.4. The molecule has 0 aliphatic carbocycles. The third kappa shape index (κ3) is 2.95. The Morgan fingerprint density at radius 2 is 2.10 bits per heavy atom. The van der Waals surface area contributed by atoms with Crippen molar-refractivity contribution in [3.05, 3.63) is 59.1 Å². The number of nitrogens with zero attached hydrogens (tertiary/aromatic N) is 2. The molecule has 0 spiro atoms. The second kappa shape index (κ2) is 5.80. The molecule has 1 amide bonds. The van der Waals surface area contributed by atoms with Gasteiger partial charge in [-0.1, -0.05) is 28.9 Å². The largest absolute Gasteiger partial charge is 0.461 e. The number of carbonyl (C=O) groups excluding carboxylic acids is 1. The number of hydrogen-bond acceptors (Lipinski definition) is 5. The van der Waals surface area contributed by atoms with Gasteiger partial charge >= 0.3 is 0 Å². The van der Waals surface area contributed by atoms with Crippen molar-refractivity contribution < 1.29 is 13.7 Å². The molecule has 0 atom stereocenters. The van der Waals surface area contributed by atoms with Crippen molar-refractivity contribution in [2.45, 2.75) is 6.54 Å². The van der Waals surface area contributed by atoms with Crippen molar-refractivity contribution in [2.75, 3.05) is 0 Å². The smallest absolute Gasteiger partial charge is 0.253 e. The van der Waals surface area contributed by atoms with E-state index in [0.29, 0.717) is 22.2 Å². The number of carbonyl (C=O) groups is 1. The summed E-state index contributed by atoms with van der Waals surface area (Å²) in [4.78, 5) is 16.1. The number of benzene rings is 1. The number of amides is 1. The molecular weight excluding hydrogens is 294 g/mol. The Balaban J connectivity index is 1.66. The van der Waals surface area contributed by atoms with E-state index in [2.05, 4.69) is 15.5 Å². The van der Waals surface area contributed by atoms with Crippen LogP contribution in [0, 0.1) is 0 Å². The highest BCUT2D eigenvalue weighted by molar-refractivity contribution is 6.33. The molecule has 0 bridgehead atoms. The minimum Gasteiger partial charge on any atom is -0.461 e. The Bertz CT molecular complexity index is 752. The maximum absolute atomic E-state index is 12.0. The van der Waals surface area contributed by atoms with Crippen molar-refractivity contribution in [1.82, 2.24) is 15.5 Å². The van der Waals surface area contributed by atoms with Gasteiger partial charge in [0.15, 0.2) is 5.76 Å². The first-order chi connectivity index (χ1) is 10.2. The SMILES string of the molecule is O=C(NCc1nc(-c2ccco2)no1)c1ccccc1Cl. The van der Waals surface area contributed by atoms with Crippen LogP contribution in [0.3, 0.4) is 0 Å². The van der Waals surface area contributed by atoms with Gasteiger partial charge in [0, 0.05) is 0 Å². The van der Waals surface area contributed by atoms with Crippen LogP contribution >= 0.6 is 11.6 Å². The molecule has 0 radical (unpaired) electrons. The second-order valence-electron chi connectivity index (χ2n) is 4.15. The summed E-state index contributed by atoms with van der Waals surface area (Å²) in [5.41, 5.74) is 0.393. The fourth-order valence-corrected chi connectivity index (χ4v) is 1.95. The first-order valence-electron chi connectivity index (χ1n) is 6.13. The van der Waals surface area contributed by atoms with Crippen LogP contribution in [0.5, 0.6) is 0 Å². The van der Waals surface area contributed by atoms with Gasteiger partial charge in [0.1, 0.15) is 0 Å². The van der Waals surface area contributed by atoms with Crippen LogP contribution < -0.4 is 5.32 Å². The molecule has 3 aromatic rings. The maximum Gasteiger partial charge on any atom is 0.253 e. The van der Waals surface area contributed by atoms with E-state index in [0.717, 1.165) is 0 Å². The fraction of sp³-hybridized carbons (Fsp3) is 0.0714. The summed E-state index contributed by atoms with van der Waals surface area (Å²) in [5, 5.41) is 6.82. The van der Waals surface area contributed by atoms with Crippen LogP contribution in [0.4, 0.5) is 0 Å². The predicted octanol–water partition coefficient (Wildman–Crippen LogP) is 2.91. The molecule has 0 saturated heterocycles. The number of hydrogen-bond donors (Lipinski definition) is 1. The van der Waals surface area contributed by atoms with Crippen LogP contribution in [0.15, 0.2) is 51.6 Å². The van der Waals surface area contributed by atoms with E-state index in [9.17, 15) is 4.79 Å². The lowest BCUT2D eigenvalue weighted by atomic mass is 10.2. The lowest BCUT2D eigenvalue weighted by Gasteiger charge is -2.03. The first-order valence-corrected chi connectivity index (χ1v) is 6.51. The summed E-state index contributed by atoms with van der Waals surface area (Å²) in [6.45, 7) is 0.109. The highest BCUT2D eigenvalue weighted by atomic mass is 35.5. The molecule has 0 aliphatic rings. The number of halogens is 1. The summed E-state index contributed by atoms with van der Waals surface area (Å²) >= 11 is 5.95. The van der Waals surface area contributed by atoms with E-state index < -0.39 is 0 Å². The summed E-state index contributed by atoms with van der Waals surface area (Å²) in [7, 11) is 0. The Morgan fingerprint density at radius 1 is 1.24 bits per heavy atom. The molecule has 6 nitrogen and oxygen atoms in total. The summed E-state index contributed by atoms with van der Waals surface area (Å²) in [5.74, 6) is 0.810. The zero-order valence-corrected chi connectivity index (χ0v) is 11.5. The van der Waals surface area contributed by atoms with Crippen molar-refractivity contribution >= 4 is 17.5 Å². The molecule has 3 rings (SSSR count). The van der Waals surface area contributed by atoms with Gasteiger partial charge in [-0.05, 0) is 24.3 Å². The third-order valence-electron chi connectivity index (χ3n) is 2.73. The highest BCUT2D eigenvalue weighted by Gasteiger charge is 2.13. The van der Waals surface area contributed by atoms with E-state index in [4.69, 9.17) is 20.5 Å². The molecule has 21 heavy (non-hydrogen) atoms. The zero-order chi connectivity index (χ0) is 14.7. The number of rotatable bonds is 4. The predicted molar refractivity (Wildman–Crippen MR) is 74.6 cm³/mol. The van der Waals surface area contributed by atoms with E-state index in [1.54, 1.807) is 36.4 Å². The normalized spacial score (nSPS) is 10.5. The lowest BCUT2D eigenvalue weighted by molar-refractivity contribution is 0.0946. The average Bonchev–Trinajstić information content (AvgIpc) is 3.16. The molecule has 0 fully saturated rings. The quantitative estimate of drug-likeness (QED) is 0.801. The Morgan fingerprint density at radius 3 is 2.86 bits per heavy atom. The van der Waals surface area contributed by atoms with Gasteiger partial charge in [0.05, 0.1) is 23.4 Å². The second-order valence-corrected chi connectivity index (χ2v) is 4.56. The van der Waals surface area contributed by atoms with Crippen LogP contribution in [-0.4, -0.2) is 16.0 Å². The number of nitrogens with one attached hydrogen (secondary N) is 1. The Hall–Kier alpha value is -2.60. The third-order valence-corrected chi connectivity index (χ3v) is 3.06. The van der Waals surface area contributed by atoms with Gasteiger partial charge in [-0.2, -0.15) is 4.98 Å². The van der Waals surface area contributed by atoms with Crippen molar-refractivity contribution in [3.63, 3.8) is 0 Å². The molecule has 7 heteroatoms. The monoisotopic (exact) mass is 303 g/mol. The van der Waals surface area contributed by atoms with Gasteiger partial charge in [-0.3, -0.25) is 4.79 Å². The Labute approximate surface area is 124 Å².